The largest absolute Gasteiger partial charge is 0.436 e. The van der Waals surface area contributed by atoms with Crippen molar-refractivity contribution in [1.82, 2.24) is 15.4 Å². The number of aromatic amines is 1. The first-order valence-corrected chi connectivity index (χ1v) is 4.78. The summed E-state index contributed by atoms with van der Waals surface area (Å²) < 4.78 is 5.38. The molecule has 2 rings (SSSR count). The molecule has 0 aliphatic heterocycles. The van der Waals surface area contributed by atoms with Crippen molar-refractivity contribution >= 4 is 11.5 Å². The van der Waals surface area contributed by atoms with Crippen molar-refractivity contribution in [3.63, 3.8) is 0 Å². The Hall–Kier alpha value is -2.68. The molecule has 0 aliphatic carbocycles. The summed E-state index contributed by atoms with van der Waals surface area (Å²) >= 11 is 0. The van der Waals surface area contributed by atoms with E-state index in [4.69, 9.17) is 11.3 Å². The lowest BCUT2D eigenvalue weighted by molar-refractivity contribution is 0.101. The van der Waals surface area contributed by atoms with Crippen molar-refractivity contribution in [1.29, 1.82) is 0 Å². The van der Waals surface area contributed by atoms with Crippen LogP contribution in [-0.2, 0) is 0 Å². The zero-order valence-corrected chi connectivity index (χ0v) is 8.97. The van der Waals surface area contributed by atoms with Crippen LogP contribution in [0.2, 0.25) is 0 Å². The number of hydrogen-bond acceptors (Lipinski definition) is 4. The van der Waals surface area contributed by atoms with Crippen LogP contribution in [0.4, 0.5) is 5.69 Å². The molecule has 0 fully saturated rings. The van der Waals surface area contributed by atoms with Gasteiger partial charge in [-0.1, -0.05) is 22.4 Å². The number of hydrogen-bond donors (Lipinski definition) is 1. The van der Waals surface area contributed by atoms with Gasteiger partial charge in [-0.15, -0.1) is 0 Å². The van der Waals surface area contributed by atoms with Gasteiger partial charge in [-0.2, -0.15) is 0 Å². The summed E-state index contributed by atoms with van der Waals surface area (Å²) in [6.45, 7) is 8.21. The molecule has 0 aliphatic rings. The van der Waals surface area contributed by atoms with E-state index in [0.717, 1.165) is 0 Å². The van der Waals surface area contributed by atoms with Gasteiger partial charge in [0.15, 0.2) is 17.2 Å². The van der Waals surface area contributed by atoms with E-state index in [1.807, 2.05) is 0 Å². The Balaban J connectivity index is 2.23. The Morgan fingerprint density at radius 1 is 1.41 bits per heavy atom. The normalized spacial score (nSPS) is 9.65. The van der Waals surface area contributed by atoms with Crippen LogP contribution in [-0.4, -0.2) is 21.2 Å². The van der Waals surface area contributed by atoms with Crippen molar-refractivity contribution in [2.24, 2.45) is 0 Å². The summed E-state index contributed by atoms with van der Waals surface area (Å²) in [6.07, 6.45) is 0. The Bertz CT molecular complexity index is 580. The Morgan fingerprint density at radius 2 is 2.12 bits per heavy atom. The van der Waals surface area contributed by atoms with E-state index < -0.39 is 0 Å². The summed E-state index contributed by atoms with van der Waals surface area (Å²) in [5.41, 5.74) is 0.739. The van der Waals surface area contributed by atoms with E-state index in [2.05, 4.69) is 20.3 Å². The van der Waals surface area contributed by atoms with Crippen LogP contribution >= 0.6 is 0 Å². The predicted octanol–water partition coefficient (Wildman–Crippen LogP) is 2.35. The standard InChI is InChI=1S/C11H8N4O2/c1-7(16)10-11(14-15-13-10)17-9-5-3-8(12-2)4-6-9/h3-6H,1H3,(H,13,14,15). The van der Waals surface area contributed by atoms with Crippen molar-refractivity contribution in [3.8, 4) is 11.6 Å². The van der Waals surface area contributed by atoms with E-state index in [0.29, 0.717) is 11.4 Å². The van der Waals surface area contributed by atoms with Gasteiger partial charge in [0.05, 0.1) is 6.57 Å². The molecule has 0 radical (unpaired) electrons. The number of ketones is 1. The number of ether oxygens (including phenoxy) is 1. The molecule has 17 heavy (non-hydrogen) atoms. The lowest BCUT2D eigenvalue weighted by Crippen LogP contribution is -1.96. The van der Waals surface area contributed by atoms with Gasteiger partial charge >= 0.3 is 0 Å². The zero-order valence-electron chi connectivity index (χ0n) is 8.97. The number of Topliss-reactive ketones (excluding diaryl/α,β-unsaturated/α-hetero) is 1. The van der Waals surface area contributed by atoms with Gasteiger partial charge in [-0.3, -0.25) is 9.89 Å². The van der Waals surface area contributed by atoms with Crippen molar-refractivity contribution in [2.45, 2.75) is 6.92 Å². The van der Waals surface area contributed by atoms with Gasteiger partial charge in [0.2, 0.25) is 0 Å². The van der Waals surface area contributed by atoms with Gasteiger partial charge < -0.3 is 4.74 Å². The number of nitrogens with zero attached hydrogens (tertiary/aromatic N) is 3. The fourth-order valence-corrected chi connectivity index (χ4v) is 1.22. The maximum atomic E-state index is 11.2. The van der Waals surface area contributed by atoms with E-state index in [1.54, 1.807) is 24.3 Å². The molecule has 0 amide bonds. The van der Waals surface area contributed by atoms with Gasteiger partial charge in [-0.25, -0.2) is 4.85 Å². The number of nitrogens with one attached hydrogen (secondary N) is 1. The van der Waals surface area contributed by atoms with Gasteiger partial charge in [0, 0.05) is 6.92 Å². The summed E-state index contributed by atoms with van der Waals surface area (Å²) in [7, 11) is 0. The minimum atomic E-state index is -0.206. The molecule has 6 heteroatoms. The van der Waals surface area contributed by atoms with Crippen LogP contribution in [0.15, 0.2) is 24.3 Å². The molecule has 1 heterocycles. The molecule has 0 saturated carbocycles. The molecule has 0 saturated heterocycles. The molecule has 1 aromatic heterocycles. The van der Waals surface area contributed by atoms with Crippen LogP contribution in [0.1, 0.15) is 17.4 Å². The van der Waals surface area contributed by atoms with Crippen LogP contribution < -0.4 is 4.74 Å². The lowest BCUT2D eigenvalue weighted by Gasteiger charge is -2.02. The fourth-order valence-electron chi connectivity index (χ4n) is 1.22. The molecular weight excluding hydrogens is 220 g/mol. The number of aromatic nitrogens is 3. The molecular formula is C11H8N4O2. The summed E-state index contributed by atoms with van der Waals surface area (Å²) in [4.78, 5) is 14.4. The first kappa shape index (κ1) is 10.8. The molecule has 84 valence electrons. The average Bonchev–Trinajstić information content (AvgIpc) is 2.78. The molecule has 1 N–H and O–H groups in total. The van der Waals surface area contributed by atoms with Crippen molar-refractivity contribution < 1.29 is 9.53 Å². The fraction of sp³-hybridized carbons (Fsp3) is 0.0909. The van der Waals surface area contributed by atoms with Gasteiger partial charge in [0.1, 0.15) is 5.75 Å². The predicted molar refractivity (Wildman–Crippen MR) is 59.2 cm³/mol. The molecule has 0 atom stereocenters. The molecule has 6 nitrogen and oxygen atoms in total. The topological polar surface area (TPSA) is 72.2 Å². The molecule has 0 unspecified atom stereocenters. The van der Waals surface area contributed by atoms with Crippen LogP contribution in [0, 0.1) is 6.57 Å². The minimum absolute atomic E-state index is 0.132. The van der Waals surface area contributed by atoms with E-state index in [9.17, 15) is 4.79 Å². The summed E-state index contributed by atoms with van der Waals surface area (Å²) in [5, 5.41) is 9.63. The average molecular weight is 228 g/mol. The lowest BCUT2D eigenvalue weighted by atomic mass is 10.3. The zero-order chi connectivity index (χ0) is 12.3. The van der Waals surface area contributed by atoms with Gasteiger partial charge in [-0.05, 0) is 12.1 Å². The van der Waals surface area contributed by atoms with Gasteiger partial charge in [0.25, 0.3) is 5.88 Å². The number of carbonyl (C=O) groups is 1. The number of benzene rings is 1. The maximum absolute atomic E-state index is 11.2. The Morgan fingerprint density at radius 3 is 2.71 bits per heavy atom. The monoisotopic (exact) mass is 228 g/mol. The second-order valence-corrected chi connectivity index (χ2v) is 3.26. The van der Waals surface area contributed by atoms with Crippen molar-refractivity contribution in [2.75, 3.05) is 0 Å². The minimum Gasteiger partial charge on any atom is -0.436 e. The third kappa shape index (κ3) is 2.29. The highest BCUT2D eigenvalue weighted by atomic mass is 16.5. The first-order chi connectivity index (χ1) is 8.20. The quantitative estimate of drug-likeness (QED) is 0.646. The second-order valence-electron chi connectivity index (χ2n) is 3.26. The Labute approximate surface area is 97.0 Å². The third-order valence-corrected chi connectivity index (χ3v) is 2.05. The van der Waals surface area contributed by atoms with E-state index >= 15 is 0 Å². The maximum Gasteiger partial charge on any atom is 0.269 e. The second kappa shape index (κ2) is 4.45. The summed E-state index contributed by atoms with van der Waals surface area (Å²) in [6, 6.07) is 6.50. The van der Waals surface area contributed by atoms with Crippen LogP contribution in [0.25, 0.3) is 4.85 Å². The van der Waals surface area contributed by atoms with Crippen LogP contribution in [0.5, 0.6) is 11.6 Å². The van der Waals surface area contributed by atoms with E-state index in [-0.39, 0.29) is 17.4 Å². The highest BCUT2D eigenvalue weighted by Gasteiger charge is 2.13. The third-order valence-electron chi connectivity index (χ3n) is 2.05. The number of H-pyrrole nitrogens is 1. The Kier molecular flexibility index (Phi) is 2.83. The highest BCUT2D eigenvalue weighted by molar-refractivity contribution is 5.94. The van der Waals surface area contributed by atoms with Crippen LogP contribution in [0.3, 0.4) is 0 Å². The first-order valence-electron chi connectivity index (χ1n) is 4.78. The summed E-state index contributed by atoms with van der Waals surface area (Å²) in [5.74, 6) is 0.421. The molecule has 1 aromatic carbocycles. The smallest absolute Gasteiger partial charge is 0.269 e. The number of rotatable bonds is 3. The SMILES string of the molecule is [C-]#[N+]c1ccc(Oc2nn[nH]c2C(C)=O)cc1. The van der Waals surface area contributed by atoms with E-state index in [1.165, 1.54) is 6.92 Å². The van der Waals surface area contributed by atoms with Crippen molar-refractivity contribution in [3.05, 3.63) is 41.4 Å². The highest BCUT2D eigenvalue weighted by Crippen LogP contribution is 2.24. The molecule has 0 spiro atoms. The molecule has 0 bridgehead atoms. The molecule has 2 aromatic rings. The number of carbonyl (C=O) groups excluding carboxylic acids is 1.